The number of ether oxygens (including phenoxy) is 2. The Kier molecular flexibility index (Phi) is 5.44. The normalized spacial score (nSPS) is 25.6. The summed E-state index contributed by atoms with van der Waals surface area (Å²) >= 11 is 0. The molecule has 0 radical (unpaired) electrons. The Bertz CT molecular complexity index is 629. The van der Waals surface area contributed by atoms with Crippen LogP contribution in [0.3, 0.4) is 0 Å². The number of amides is 1. The third-order valence-corrected chi connectivity index (χ3v) is 5.61. The number of nitrogens with zero attached hydrogens (tertiary/aromatic N) is 2. The van der Waals surface area contributed by atoms with Gasteiger partial charge in [-0.3, -0.25) is 4.79 Å². The van der Waals surface area contributed by atoms with Crippen LogP contribution in [-0.2, 0) is 4.74 Å². The predicted octanol–water partition coefficient (Wildman–Crippen LogP) is 3.07. The maximum Gasteiger partial charge on any atom is 0.254 e. The molecule has 2 fully saturated rings. The minimum Gasteiger partial charge on any atom is -0.494 e. The van der Waals surface area contributed by atoms with Gasteiger partial charge in [-0.1, -0.05) is 0 Å². The van der Waals surface area contributed by atoms with Gasteiger partial charge in [0.1, 0.15) is 18.5 Å². The van der Waals surface area contributed by atoms with Gasteiger partial charge in [0.05, 0.1) is 6.26 Å². The highest BCUT2D eigenvalue weighted by Crippen LogP contribution is 2.23. The van der Waals surface area contributed by atoms with Crippen LogP contribution in [0.5, 0.6) is 5.75 Å². The van der Waals surface area contributed by atoms with Crippen molar-refractivity contribution in [1.82, 2.24) is 9.80 Å². The van der Waals surface area contributed by atoms with E-state index < -0.39 is 0 Å². The Morgan fingerprint density at radius 1 is 1.12 bits per heavy atom. The number of carbonyl (C=O) groups is 1. The SMILES string of the molecule is O=C(c1ccc(OCC2CC=CO2)cc1)N1CCCC1CN1CCCC1. The zero-order valence-electron chi connectivity index (χ0n) is 15.3. The Hall–Kier alpha value is -2.01. The fraction of sp³-hybridized carbons (Fsp3) is 0.571. The van der Waals surface area contributed by atoms with Crippen LogP contribution in [0.4, 0.5) is 0 Å². The van der Waals surface area contributed by atoms with Gasteiger partial charge in [-0.25, -0.2) is 0 Å². The largest absolute Gasteiger partial charge is 0.494 e. The summed E-state index contributed by atoms with van der Waals surface area (Å²) < 4.78 is 11.2. The average Bonchev–Trinajstić information content (AvgIpc) is 3.43. The summed E-state index contributed by atoms with van der Waals surface area (Å²) in [5, 5.41) is 0. The van der Waals surface area contributed by atoms with E-state index in [1.54, 1.807) is 6.26 Å². The van der Waals surface area contributed by atoms with E-state index >= 15 is 0 Å². The second-order valence-electron chi connectivity index (χ2n) is 7.50. The van der Waals surface area contributed by atoms with E-state index in [1.807, 2.05) is 30.3 Å². The van der Waals surface area contributed by atoms with Crippen molar-refractivity contribution in [3.8, 4) is 5.75 Å². The molecule has 4 rings (SSSR count). The van der Waals surface area contributed by atoms with Crippen molar-refractivity contribution < 1.29 is 14.3 Å². The van der Waals surface area contributed by atoms with Gasteiger partial charge in [0.25, 0.3) is 5.91 Å². The van der Waals surface area contributed by atoms with E-state index in [1.165, 1.54) is 25.9 Å². The zero-order valence-corrected chi connectivity index (χ0v) is 15.3. The van der Waals surface area contributed by atoms with Crippen LogP contribution in [0.25, 0.3) is 0 Å². The summed E-state index contributed by atoms with van der Waals surface area (Å²) in [6.07, 6.45) is 9.55. The molecule has 3 aliphatic heterocycles. The molecule has 2 saturated heterocycles. The Morgan fingerprint density at radius 2 is 1.92 bits per heavy atom. The molecule has 0 aliphatic carbocycles. The molecule has 3 heterocycles. The molecular formula is C21H28N2O3. The average molecular weight is 356 g/mol. The zero-order chi connectivity index (χ0) is 17.8. The van der Waals surface area contributed by atoms with Crippen molar-refractivity contribution in [2.45, 2.75) is 44.2 Å². The summed E-state index contributed by atoms with van der Waals surface area (Å²) in [6, 6.07) is 7.92. The van der Waals surface area contributed by atoms with Gasteiger partial charge in [-0.15, -0.1) is 0 Å². The quantitative estimate of drug-likeness (QED) is 0.786. The van der Waals surface area contributed by atoms with Crippen LogP contribution in [0.1, 0.15) is 42.5 Å². The molecule has 0 bridgehead atoms. The number of benzene rings is 1. The van der Waals surface area contributed by atoms with Gasteiger partial charge >= 0.3 is 0 Å². The molecule has 0 saturated carbocycles. The van der Waals surface area contributed by atoms with Crippen molar-refractivity contribution >= 4 is 5.91 Å². The number of carbonyl (C=O) groups excluding carboxylic acids is 1. The van der Waals surface area contributed by atoms with Crippen LogP contribution in [0, 0.1) is 0 Å². The first-order valence-electron chi connectivity index (χ1n) is 9.86. The molecule has 5 heteroatoms. The van der Waals surface area contributed by atoms with Crippen LogP contribution in [0.15, 0.2) is 36.6 Å². The maximum atomic E-state index is 12.9. The van der Waals surface area contributed by atoms with Gasteiger partial charge in [-0.2, -0.15) is 0 Å². The summed E-state index contributed by atoms with van der Waals surface area (Å²) in [7, 11) is 0. The highest BCUT2D eigenvalue weighted by atomic mass is 16.5. The van der Waals surface area contributed by atoms with Crippen molar-refractivity contribution in [3.05, 3.63) is 42.2 Å². The molecule has 140 valence electrons. The summed E-state index contributed by atoms with van der Waals surface area (Å²) in [5.74, 6) is 0.939. The lowest BCUT2D eigenvalue weighted by Gasteiger charge is -2.28. The second kappa shape index (κ2) is 8.12. The van der Waals surface area contributed by atoms with E-state index in [-0.39, 0.29) is 12.0 Å². The molecule has 1 amide bonds. The van der Waals surface area contributed by atoms with Gasteiger partial charge in [0, 0.05) is 31.1 Å². The molecule has 0 spiro atoms. The van der Waals surface area contributed by atoms with Crippen LogP contribution in [0.2, 0.25) is 0 Å². The Labute approximate surface area is 155 Å². The van der Waals surface area contributed by atoms with Gasteiger partial charge in [0.15, 0.2) is 0 Å². The summed E-state index contributed by atoms with van der Waals surface area (Å²) in [5.41, 5.74) is 0.754. The summed E-state index contributed by atoms with van der Waals surface area (Å²) in [4.78, 5) is 17.5. The minimum absolute atomic E-state index is 0.104. The minimum atomic E-state index is 0.104. The second-order valence-corrected chi connectivity index (χ2v) is 7.50. The molecule has 26 heavy (non-hydrogen) atoms. The standard InChI is InChI=1S/C21H28N2O3/c24-21(23-13-3-5-18(23)15-22-11-1-2-12-22)17-7-9-19(10-8-17)26-16-20-6-4-14-25-20/h4,7-10,14,18,20H,1-3,5-6,11-13,15-16H2. The molecule has 5 nitrogen and oxygen atoms in total. The van der Waals surface area contributed by atoms with Gasteiger partial charge in [-0.05, 0) is 69.1 Å². The van der Waals surface area contributed by atoms with Crippen molar-refractivity contribution in [2.75, 3.05) is 32.8 Å². The lowest BCUT2D eigenvalue weighted by atomic mass is 10.1. The number of rotatable bonds is 6. The lowest BCUT2D eigenvalue weighted by molar-refractivity contribution is 0.0708. The maximum absolute atomic E-state index is 12.9. The lowest BCUT2D eigenvalue weighted by Crippen LogP contribution is -2.42. The molecule has 1 aromatic carbocycles. The molecular weight excluding hydrogens is 328 g/mol. The first-order chi connectivity index (χ1) is 12.8. The fourth-order valence-electron chi connectivity index (χ4n) is 4.14. The smallest absolute Gasteiger partial charge is 0.254 e. The highest BCUT2D eigenvalue weighted by Gasteiger charge is 2.31. The third-order valence-electron chi connectivity index (χ3n) is 5.61. The molecule has 3 aliphatic rings. The highest BCUT2D eigenvalue weighted by molar-refractivity contribution is 5.94. The molecule has 1 aromatic rings. The van der Waals surface area contributed by atoms with Crippen molar-refractivity contribution in [2.24, 2.45) is 0 Å². The van der Waals surface area contributed by atoms with Crippen molar-refractivity contribution in [1.29, 1.82) is 0 Å². The number of likely N-dealkylation sites (tertiary alicyclic amines) is 2. The Morgan fingerprint density at radius 3 is 2.65 bits per heavy atom. The summed E-state index contributed by atoms with van der Waals surface area (Å²) in [6.45, 7) is 4.81. The predicted molar refractivity (Wildman–Crippen MR) is 100 cm³/mol. The van der Waals surface area contributed by atoms with E-state index in [0.29, 0.717) is 12.6 Å². The van der Waals surface area contributed by atoms with E-state index in [0.717, 1.165) is 43.7 Å². The van der Waals surface area contributed by atoms with Gasteiger partial charge in [0.2, 0.25) is 0 Å². The molecule has 0 aromatic heterocycles. The molecule has 2 unspecified atom stereocenters. The molecule has 2 atom stereocenters. The number of hydrogen-bond acceptors (Lipinski definition) is 4. The van der Waals surface area contributed by atoms with E-state index in [2.05, 4.69) is 9.80 Å². The Balaban J connectivity index is 1.32. The van der Waals surface area contributed by atoms with Crippen LogP contribution in [-0.4, -0.2) is 60.6 Å². The monoisotopic (exact) mass is 356 g/mol. The first-order valence-corrected chi connectivity index (χ1v) is 9.86. The van der Waals surface area contributed by atoms with Gasteiger partial charge < -0.3 is 19.3 Å². The van der Waals surface area contributed by atoms with Crippen LogP contribution < -0.4 is 4.74 Å². The van der Waals surface area contributed by atoms with Crippen molar-refractivity contribution in [3.63, 3.8) is 0 Å². The topological polar surface area (TPSA) is 42.0 Å². The third kappa shape index (κ3) is 4.04. The van der Waals surface area contributed by atoms with E-state index in [9.17, 15) is 4.79 Å². The molecule has 0 N–H and O–H groups in total. The fourth-order valence-corrected chi connectivity index (χ4v) is 4.14. The van der Waals surface area contributed by atoms with E-state index in [4.69, 9.17) is 9.47 Å². The first kappa shape index (κ1) is 17.4. The number of hydrogen-bond donors (Lipinski definition) is 0. The van der Waals surface area contributed by atoms with Crippen LogP contribution >= 0.6 is 0 Å².